The summed E-state index contributed by atoms with van der Waals surface area (Å²) in [6, 6.07) is 13.7. The van der Waals surface area contributed by atoms with E-state index in [0.717, 1.165) is 60.1 Å². The lowest BCUT2D eigenvalue weighted by Gasteiger charge is -2.36. The topological polar surface area (TPSA) is 66.5 Å². The first-order chi connectivity index (χ1) is 15.9. The molecule has 0 radical (unpaired) electrons. The minimum absolute atomic E-state index is 0.00625. The zero-order valence-electron chi connectivity index (χ0n) is 19.7. The molecule has 0 unspecified atom stereocenters. The van der Waals surface area contributed by atoms with Crippen molar-refractivity contribution in [2.24, 2.45) is 11.7 Å². The van der Waals surface area contributed by atoms with Crippen molar-refractivity contribution in [3.8, 4) is 11.5 Å². The lowest BCUT2D eigenvalue weighted by molar-refractivity contribution is 0.167. The van der Waals surface area contributed by atoms with E-state index in [-0.39, 0.29) is 11.1 Å². The summed E-state index contributed by atoms with van der Waals surface area (Å²) < 4.78 is 13.2. The van der Waals surface area contributed by atoms with Crippen LogP contribution in [0.5, 0.6) is 11.5 Å². The zero-order valence-corrected chi connectivity index (χ0v) is 19.7. The van der Waals surface area contributed by atoms with Gasteiger partial charge in [0.1, 0.15) is 11.5 Å². The third-order valence-electron chi connectivity index (χ3n) is 6.91. The second-order valence-corrected chi connectivity index (χ2v) is 9.41. The molecule has 0 atom stereocenters. The molecule has 5 nitrogen and oxygen atoms in total. The number of pyridine rings is 1. The molecule has 1 saturated carbocycles. The van der Waals surface area contributed by atoms with Gasteiger partial charge in [0.15, 0.2) is 0 Å². The Kier molecular flexibility index (Phi) is 6.89. The third-order valence-corrected chi connectivity index (χ3v) is 6.91. The number of hydrogen-bond donors (Lipinski definition) is 1. The molecule has 2 N–H and O–H groups in total. The Morgan fingerprint density at radius 3 is 2.58 bits per heavy atom. The molecule has 0 amide bonds. The predicted octanol–water partition coefficient (Wildman–Crippen LogP) is 5.21. The number of aromatic nitrogens is 1. The second kappa shape index (κ2) is 9.84. The zero-order chi connectivity index (χ0) is 23.4. The fourth-order valence-electron chi connectivity index (χ4n) is 4.75. The number of nitrogens with two attached hydrogens (primary N) is 1. The van der Waals surface area contributed by atoms with E-state index in [9.17, 15) is 4.79 Å². The second-order valence-electron chi connectivity index (χ2n) is 9.41. The molecule has 0 saturated heterocycles. The average molecular weight is 447 g/mol. The molecular weight excluding hydrogens is 412 g/mol. The van der Waals surface area contributed by atoms with Crippen molar-refractivity contribution in [3.63, 3.8) is 0 Å². The molecule has 4 rings (SSSR count). The Morgan fingerprint density at radius 2 is 1.91 bits per heavy atom. The van der Waals surface area contributed by atoms with Gasteiger partial charge in [0.25, 0.3) is 5.56 Å². The van der Waals surface area contributed by atoms with Crippen molar-refractivity contribution in [1.29, 1.82) is 0 Å². The average Bonchev–Trinajstić information content (AvgIpc) is 2.82. The van der Waals surface area contributed by atoms with Crippen LogP contribution in [-0.2, 0) is 6.54 Å². The van der Waals surface area contributed by atoms with E-state index in [2.05, 4.69) is 6.58 Å². The van der Waals surface area contributed by atoms with Crippen LogP contribution >= 0.6 is 0 Å². The Balaban J connectivity index is 1.45. The molecule has 2 aromatic carbocycles. The largest absolute Gasteiger partial charge is 0.497 e. The van der Waals surface area contributed by atoms with Gasteiger partial charge < -0.3 is 19.8 Å². The van der Waals surface area contributed by atoms with Gasteiger partial charge in [0, 0.05) is 17.1 Å². The number of rotatable bonds is 8. The summed E-state index contributed by atoms with van der Waals surface area (Å²) in [6.07, 6.45) is 8.84. The maximum Gasteiger partial charge on any atom is 0.258 e. The number of hydrogen-bond acceptors (Lipinski definition) is 4. The number of methoxy groups -OCH3 is 1. The van der Waals surface area contributed by atoms with E-state index in [1.54, 1.807) is 11.7 Å². The van der Waals surface area contributed by atoms with Gasteiger partial charge in [-0.05, 0) is 91.8 Å². The minimum Gasteiger partial charge on any atom is -0.497 e. The molecule has 0 spiro atoms. The highest BCUT2D eigenvalue weighted by Crippen LogP contribution is 2.34. The van der Waals surface area contributed by atoms with Gasteiger partial charge in [-0.2, -0.15) is 0 Å². The monoisotopic (exact) mass is 446 g/mol. The van der Waals surface area contributed by atoms with Crippen molar-refractivity contribution in [3.05, 3.63) is 82.8 Å². The van der Waals surface area contributed by atoms with Crippen molar-refractivity contribution < 1.29 is 9.47 Å². The van der Waals surface area contributed by atoms with E-state index in [4.69, 9.17) is 15.2 Å². The van der Waals surface area contributed by atoms with Gasteiger partial charge in [-0.25, -0.2) is 0 Å². The molecule has 1 aromatic heterocycles. The first-order valence-electron chi connectivity index (χ1n) is 11.7. The number of fused-ring (bicyclic) bond motifs is 1. The molecule has 0 aliphatic heterocycles. The highest BCUT2D eigenvalue weighted by molar-refractivity contribution is 5.84. The molecule has 1 fully saturated rings. The lowest BCUT2D eigenvalue weighted by atomic mass is 9.75. The maximum absolute atomic E-state index is 13.1. The quantitative estimate of drug-likeness (QED) is 0.483. The van der Waals surface area contributed by atoms with Crippen molar-refractivity contribution in [2.75, 3.05) is 13.7 Å². The molecular formula is C28H34N2O3. The molecule has 1 heterocycles. The van der Waals surface area contributed by atoms with Gasteiger partial charge in [0.05, 0.1) is 20.3 Å². The van der Waals surface area contributed by atoms with Crippen LogP contribution in [0.25, 0.3) is 10.8 Å². The fraction of sp³-hybridized carbons (Fsp3) is 0.393. The van der Waals surface area contributed by atoms with E-state index >= 15 is 0 Å². The summed E-state index contributed by atoms with van der Waals surface area (Å²) >= 11 is 0. The van der Waals surface area contributed by atoms with Crippen LogP contribution in [0.15, 0.2) is 66.1 Å². The number of nitrogens with zero attached hydrogens (tertiary/aromatic N) is 1. The summed E-state index contributed by atoms with van der Waals surface area (Å²) in [5.74, 6) is 2.17. The SMILES string of the molecule is C=CCC1(N)CCC(COc2cc3ccn(Cc4ccc(OC)cc4)c(=O)c3cc2C)CC1. The van der Waals surface area contributed by atoms with Gasteiger partial charge in [-0.1, -0.05) is 18.2 Å². The summed E-state index contributed by atoms with van der Waals surface area (Å²) in [6.45, 7) is 7.05. The van der Waals surface area contributed by atoms with Crippen LogP contribution in [-0.4, -0.2) is 23.8 Å². The first kappa shape index (κ1) is 23.1. The number of benzene rings is 2. The van der Waals surface area contributed by atoms with Crippen LogP contribution in [0.2, 0.25) is 0 Å². The highest BCUT2D eigenvalue weighted by Gasteiger charge is 2.30. The third kappa shape index (κ3) is 5.31. The Hall–Kier alpha value is -3.05. The maximum atomic E-state index is 13.1. The van der Waals surface area contributed by atoms with Gasteiger partial charge in [-0.15, -0.1) is 6.58 Å². The number of aryl methyl sites for hydroxylation is 1. The fourth-order valence-corrected chi connectivity index (χ4v) is 4.75. The molecule has 3 aromatic rings. The van der Waals surface area contributed by atoms with Crippen molar-refractivity contribution in [1.82, 2.24) is 4.57 Å². The van der Waals surface area contributed by atoms with Crippen molar-refractivity contribution in [2.45, 2.75) is 51.1 Å². The number of ether oxygens (including phenoxy) is 2. The standard InChI is InChI=1S/C28H34N2O3/c1-4-12-28(29)13-9-22(10-14-28)19-33-26-17-23-11-15-30(27(31)25(23)16-20(26)2)18-21-5-7-24(32-3)8-6-21/h4-8,11,15-17,22H,1,9-10,12-14,18-19,29H2,2-3H3. The molecule has 33 heavy (non-hydrogen) atoms. The van der Waals surface area contributed by atoms with Crippen LogP contribution < -0.4 is 20.8 Å². The molecule has 174 valence electrons. The highest BCUT2D eigenvalue weighted by atomic mass is 16.5. The summed E-state index contributed by atoms with van der Waals surface area (Å²) in [4.78, 5) is 13.1. The Morgan fingerprint density at radius 1 is 1.18 bits per heavy atom. The van der Waals surface area contributed by atoms with Crippen LogP contribution in [0, 0.1) is 12.8 Å². The molecule has 1 aliphatic carbocycles. The van der Waals surface area contributed by atoms with Gasteiger partial charge in [0.2, 0.25) is 0 Å². The lowest BCUT2D eigenvalue weighted by Crippen LogP contribution is -2.43. The Bertz CT molecular complexity index is 1170. The van der Waals surface area contributed by atoms with E-state index < -0.39 is 0 Å². The van der Waals surface area contributed by atoms with Crippen LogP contribution in [0.3, 0.4) is 0 Å². The molecule has 5 heteroatoms. The Labute approximate surface area is 195 Å². The summed E-state index contributed by atoms with van der Waals surface area (Å²) in [7, 11) is 1.65. The normalized spacial score (nSPS) is 20.5. The summed E-state index contributed by atoms with van der Waals surface area (Å²) in [5.41, 5.74) is 8.41. The van der Waals surface area contributed by atoms with E-state index in [1.807, 2.05) is 61.7 Å². The predicted molar refractivity (Wildman–Crippen MR) is 134 cm³/mol. The van der Waals surface area contributed by atoms with E-state index in [1.165, 1.54) is 0 Å². The van der Waals surface area contributed by atoms with Gasteiger partial charge in [-0.3, -0.25) is 4.79 Å². The van der Waals surface area contributed by atoms with Crippen molar-refractivity contribution >= 4 is 10.8 Å². The van der Waals surface area contributed by atoms with Crippen LogP contribution in [0.1, 0.15) is 43.2 Å². The molecule has 0 bridgehead atoms. The van der Waals surface area contributed by atoms with Crippen LogP contribution in [0.4, 0.5) is 0 Å². The molecule has 1 aliphatic rings. The smallest absolute Gasteiger partial charge is 0.258 e. The van der Waals surface area contributed by atoms with E-state index in [0.29, 0.717) is 24.5 Å². The van der Waals surface area contributed by atoms with Gasteiger partial charge >= 0.3 is 0 Å². The first-order valence-corrected chi connectivity index (χ1v) is 11.7. The summed E-state index contributed by atoms with van der Waals surface area (Å²) in [5, 5.41) is 1.62. The minimum atomic E-state index is -0.0944.